The van der Waals surface area contributed by atoms with Crippen LogP contribution in [0.15, 0.2) is 59.9 Å². The Hall–Kier alpha value is -3.52. The number of nitrogens with one attached hydrogen (secondary N) is 2. The van der Waals surface area contributed by atoms with Crippen molar-refractivity contribution in [3.63, 3.8) is 0 Å². The van der Waals surface area contributed by atoms with E-state index in [-0.39, 0.29) is 5.91 Å². The van der Waals surface area contributed by atoms with Gasteiger partial charge in [-0.25, -0.2) is 5.43 Å². The van der Waals surface area contributed by atoms with E-state index < -0.39 is 11.9 Å². The Morgan fingerprint density at radius 3 is 2.47 bits per heavy atom. The number of carbonyl (C=O) groups is 2. The minimum absolute atomic E-state index is 0.205. The quantitative estimate of drug-likeness (QED) is 0.477. The van der Waals surface area contributed by atoms with Gasteiger partial charge in [-0.05, 0) is 42.0 Å². The minimum atomic E-state index is -0.519. The van der Waals surface area contributed by atoms with E-state index in [1.807, 2.05) is 35.3 Å². The van der Waals surface area contributed by atoms with E-state index in [1.54, 1.807) is 25.3 Å². The fourth-order valence-electron chi connectivity index (χ4n) is 4.81. The van der Waals surface area contributed by atoms with Crippen molar-refractivity contribution in [2.75, 3.05) is 13.7 Å². The summed E-state index contributed by atoms with van der Waals surface area (Å²) < 4.78 is 5.26. The number of benzene rings is 2. The number of para-hydroxylation sites is 1. The number of rotatable bonds is 8. The molecule has 4 rings (SSSR count). The Labute approximate surface area is 200 Å². The molecule has 0 bridgehead atoms. The molecule has 2 amide bonds. The second kappa shape index (κ2) is 10.6. The number of amides is 2. The summed E-state index contributed by atoms with van der Waals surface area (Å²) in [5.74, 6) is 0.778. The zero-order valence-electron chi connectivity index (χ0n) is 19.5. The highest BCUT2D eigenvalue weighted by atomic mass is 16.5. The zero-order chi connectivity index (χ0) is 24.1. The van der Waals surface area contributed by atoms with E-state index in [2.05, 4.69) is 10.7 Å². The highest BCUT2D eigenvalue weighted by Gasteiger charge is 2.35. The molecule has 1 aliphatic heterocycles. The molecule has 34 heavy (non-hydrogen) atoms. The maximum Gasteiger partial charge on any atom is 0.255 e. The smallest absolute Gasteiger partial charge is 0.255 e. The molecule has 6 N–H and O–H groups in total. The number of hydrogen-bond acceptors (Lipinski definition) is 6. The number of carbonyl (C=O) groups excluding carboxylic acids is 2. The second-order valence-corrected chi connectivity index (χ2v) is 8.96. The first kappa shape index (κ1) is 23.6. The van der Waals surface area contributed by atoms with Gasteiger partial charge in [-0.1, -0.05) is 55.7 Å². The predicted molar refractivity (Wildman–Crippen MR) is 130 cm³/mol. The van der Waals surface area contributed by atoms with Crippen LogP contribution in [0.3, 0.4) is 0 Å². The Balaban J connectivity index is 1.42. The molecule has 0 spiro atoms. The van der Waals surface area contributed by atoms with Crippen LogP contribution in [-0.2, 0) is 11.3 Å². The van der Waals surface area contributed by atoms with Crippen LogP contribution in [0.5, 0.6) is 5.75 Å². The van der Waals surface area contributed by atoms with Gasteiger partial charge in [0.1, 0.15) is 11.6 Å². The first-order valence-electron chi connectivity index (χ1n) is 11.8. The normalized spacial score (nSPS) is 18.7. The van der Waals surface area contributed by atoms with Crippen LogP contribution in [0.2, 0.25) is 0 Å². The zero-order valence-corrected chi connectivity index (χ0v) is 19.5. The number of ether oxygens (including phenoxy) is 1. The lowest BCUT2D eigenvalue weighted by atomic mass is 9.89. The molecule has 1 saturated carbocycles. The first-order valence-corrected chi connectivity index (χ1v) is 11.8. The van der Waals surface area contributed by atoms with Crippen LogP contribution in [-0.4, -0.2) is 30.5 Å². The molecule has 1 aliphatic carbocycles. The molecule has 1 fully saturated rings. The first-order chi connectivity index (χ1) is 16.5. The Bertz CT molecular complexity index is 1060. The standard InChI is InChI=1S/C26H33N5O3/c1-34-21-10-6-5-9-20(21)26(33)29-15-17-11-13-19(14-12-17)23-22(25(28)32)24(27)31(30-23)16-18-7-3-2-4-8-18/h5-6,9-14,18,23,30H,2-4,7-8,15-16,27H2,1H3,(H2,28,32)(H,29,33). The van der Waals surface area contributed by atoms with E-state index in [4.69, 9.17) is 16.2 Å². The molecular weight excluding hydrogens is 430 g/mol. The summed E-state index contributed by atoms with van der Waals surface area (Å²) in [4.78, 5) is 24.8. The van der Waals surface area contributed by atoms with Crippen molar-refractivity contribution in [2.24, 2.45) is 17.4 Å². The van der Waals surface area contributed by atoms with Crippen molar-refractivity contribution in [3.8, 4) is 5.75 Å². The van der Waals surface area contributed by atoms with Gasteiger partial charge in [0, 0.05) is 13.1 Å². The van der Waals surface area contributed by atoms with Gasteiger partial charge in [0.25, 0.3) is 5.91 Å². The lowest BCUT2D eigenvalue weighted by Gasteiger charge is -2.29. The average molecular weight is 464 g/mol. The molecule has 8 nitrogen and oxygen atoms in total. The summed E-state index contributed by atoms with van der Waals surface area (Å²) in [6.07, 6.45) is 6.12. The SMILES string of the molecule is COc1ccccc1C(=O)NCc1ccc(C2NN(CC3CCCCC3)C(N)=C2C(N)=O)cc1. The van der Waals surface area contributed by atoms with Gasteiger partial charge in [-0.2, -0.15) is 0 Å². The molecule has 0 saturated heterocycles. The predicted octanol–water partition coefficient (Wildman–Crippen LogP) is 2.72. The van der Waals surface area contributed by atoms with Gasteiger partial charge >= 0.3 is 0 Å². The summed E-state index contributed by atoms with van der Waals surface area (Å²) >= 11 is 0. The molecule has 8 heteroatoms. The minimum Gasteiger partial charge on any atom is -0.496 e. The summed E-state index contributed by atoms with van der Waals surface area (Å²) in [6.45, 7) is 1.13. The van der Waals surface area contributed by atoms with Crippen LogP contribution >= 0.6 is 0 Å². The maximum absolute atomic E-state index is 12.5. The highest BCUT2D eigenvalue weighted by Crippen LogP contribution is 2.32. The summed E-state index contributed by atoms with van der Waals surface area (Å²) in [5, 5.41) is 4.81. The van der Waals surface area contributed by atoms with Crippen LogP contribution in [0.1, 0.15) is 59.6 Å². The summed E-state index contributed by atoms with van der Waals surface area (Å²) in [5.41, 5.74) is 18.1. The fourth-order valence-corrected chi connectivity index (χ4v) is 4.81. The summed E-state index contributed by atoms with van der Waals surface area (Å²) in [6, 6.07) is 14.4. The topological polar surface area (TPSA) is 123 Å². The molecule has 1 atom stereocenters. The number of hydrazine groups is 1. The molecular formula is C26H33N5O3. The lowest BCUT2D eigenvalue weighted by molar-refractivity contribution is -0.114. The Morgan fingerprint density at radius 2 is 1.79 bits per heavy atom. The molecule has 0 aromatic heterocycles. The van der Waals surface area contributed by atoms with Gasteiger partial charge in [-0.3, -0.25) is 14.6 Å². The van der Waals surface area contributed by atoms with Gasteiger partial charge in [0.2, 0.25) is 5.91 Å². The van der Waals surface area contributed by atoms with E-state index >= 15 is 0 Å². The highest BCUT2D eigenvalue weighted by molar-refractivity contribution is 5.97. The molecule has 0 radical (unpaired) electrons. The molecule has 2 aliphatic rings. The van der Waals surface area contributed by atoms with Crippen molar-refractivity contribution in [3.05, 3.63) is 76.6 Å². The van der Waals surface area contributed by atoms with Crippen molar-refractivity contribution in [2.45, 2.75) is 44.7 Å². The van der Waals surface area contributed by atoms with Gasteiger partial charge in [-0.15, -0.1) is 0 Å². The Morgan fingerprint density at radius 1 is 1.09 bits per heavy atom. The van der Waals surface area contributed by atoms with Crippen molar-refractivity contribution >= 4 is 11.8 Å². The second-order valence-electron chi connectivity index (χ2n) is 8.96. The average Bonchev–Trinajstić information content (AvgIpc) is 3.19. The van der Waals surface area contributed by atoms with E-state index in [1.165, 1.54) is 32.1 Å². The lowest BCUT2D eigenvalue weighted by Crippen LogP contribution is -2.39. The number of primary amides is 1. The third kappa shape index (κ3) is 5.17. The Kier molecular flexibility index (Phi) is 7.37. The van der Waals surface area contributed by atoms with Gasteiger partial charge in [0.15, 0.2) is 0 Å². The van der Waals surface area contributed by atoms with Crippen LogP contribution in [0.25, 0.3) is 0 Å². The van der Waals surface area contributed by atoms with Crippen molar-refractivity contribution < 1.29 is 14.3 Å². The third-order valence-electron chi connectivity index (χ3n) is 6.69. The number of hydrogen-bond donors (Lipinski definition) is 4. The molecule has 2 aromatic rings. The van der Waals surface area contributed by atoms with Gasteiger partial charge in [0.05, 0.1) is 24.3 Å². The molecule has 180 valence electrons. The van der Waals surface area contributed by atoms with Crippen LogP contribution in [0.4, 0.5) is 0 Å². The maximum atomic E-state index is 12.5. The van der Waals surface area contributed by atoms with Crippen molar-refractivity contribution in [1.29, 1.82) is 0 Å². The third-order valence-corrected chi connectivity index (χ3v) is 6.69. The largest absolute Gasteiger partial charge is 0.496 e. The molecule has 1 unspecified atom stereocenters. The summed E-state index contributed by atoms with van der Waals surface area (Å²) in [7, 11) is 1.54. The molecule has 2 aromatic carbocycles. The monoisotopic (exact) mass is 463 g/mol. The van der Waals surface area contributed by atoms with E-state index in [9.17, 15) is 9.59 Å². The van der Waals surface area contributed by atoms with Crippen LogP contribution < -0.4 is 26.9 Å². The van der Waals surface area contributed by atoms with E-state index in [0.29, 0.717) is 35.2 Å². The van der Waals surface area contributed by atoms with E-state index in [0.717, 1.165) is 17.7 Å². The van der Waals surface area contributed by atoms with Crippen molar-refractivity contribution in [1.82, 2.24) is 15.8 Å². The van der Waals surface area contributed by atoms with Gasteiger partial charge < -0.3 is 21.5 Å². The number of methoxy groups -OCH3 is 1. The fraction of sp³-hybridized carbons (Fsp3) is 0.385. The molecule has 1 heterocycles. The number of nitrogens with zero attached hydrogens (tertiary/aromatic N) is 1. The van der Waals surface area contributed by atoms with Crippen LogP contribution in [0, 0.1) is 5.92 Å². The number of nitrogens with two attached hydrogens (primary N) is 2.